The van der Waals surface area contributed by atoms with Crippen LogP contribution in [-0.4, -0.2) is 17.2 Å². The smallest absolute Gasteiger partial charge is 0.180 e. The molecule has 0 unspecified atom stereocenters. The van der Waals surface area contributed by atoms with Crippen LogP contribution < -0.4 is 20.7 Å². The minimum absolute atomic E-state index is 1.16. The Labute approximate surface area is 333 Å². The van der Waals surface area contributed by atoms with Crippen LogP contribution in [0.1, 0.15) is 0 Å². The van der Waals surface area contributed by atoms with Crippen LogP contribution in [0.15, 0.2) is 231 Å². The van der Waals surface area contributed by atoms with Gasteiger partial charge in [-0.3, -0.25) is 0 Å². The molecule has 0 atom stereocenters. The van der Waals surface area contributed by atoms with Crippen molar-refractivity contribution in [1.82, 2.24) is 9.13 Å². The van der Waals surface area contributed by atoms with Crippen molar-refractivity contribution in [1.29, 1.82) is 0 Å². The molecule has 3 heteroatoms. The number of nitrogens with zero attached hydrogens (tertiary/aromatic N) is 2. The molecule has 11 aromatic rings. The Bertz CT molecular complexity index is 3110. The van der Waals surface area contributed by atoms with Crippen LogP contribution in [0.4, 0.5) is 0 Å². The van der Waals surface area contributed by atoms with E-state index in [2.05, 4.69) is 240 Å². The van der Waals surface area contributed by atoms with Crippen molar-refractivity contribution in [2.45, 2.75) is 0 Å². The van der Waals surface area contributed by atoms with Crippen LogP contribution >= 0.6 is 0 Å². The summed E-state index contributed by atoms with van der Waals surface area (Å²) in [5.74, 6) is 0. The molecule has 0 spiro atoms. The van der Waals surface area contributed by atoms with Gasteiger partial charge in [-0.2, -0.15) is 0 Å². The zero-order valence-corrected chi connectivity index (χ0v) is 32.3. The number of fused-ring (bicyclic) bond motifs is 6. The molecular formula is C54H38N2Si. The highest BCUT2D eigenvalue weighted by atomic mass is 28.3. The summed E-state index contributed by atoms with van der Waals surface area (Å²) in [5, 5.41) is 10.5. The average molecular weight is 743 g/mol. The normalized spacial score (nSPS) is 11.9. The second-order valence-electron chi connectivity index (χ2n) is 14.8. The van der Waals surface area contributed by atoms with Crippen LogP contribution in [-0.2, 0) is 0 Å². The summed E-state index contributed by atoms with van der Waals surface area (Å²) < 4.78 is 4.94. The highest BCUT2D eigenvalue weighted by molar-refractivity contribution is 7.20. The zero-order chi connectivity index (χ0) is 37.8. The molecule has 0 amide bonds. The molecule has 0 N–H and O–H groups in total. The van der Waals surface area contributed by atoms with Crippen molar-refractivity contribution in [3.8, 4) is 22.5 Å². The average Bonchev–Trinajstić information content (AvgIpc) is 3.82. The Kier molecular flexibility index (Phi) is 7.87. The molecule has 2 heterocycles. The van der Waals surface area contributed by atoms with E-state index in [1.807, 2.05) is 0 Å². The maximum absolute atomic E-state index is 2.93. The van der Waals surface area contributed by atoms with Gasteiger partial charge in [0.2, 0.25) is 0 Å². The van der Waals surface area contributed by atoms with Crippen LogP contribution in [0.2, 0.25) is 0 Å². The van der Waals surface area contributed by atoms with Crippen molar-refractivity contribution in [3.63, 3.8) is 0 Å². The minimum atomic E-state index is -2.93. The second kappa shape index (κ2) is 13.5. The number of aromatic nitrogens is 2. The molecule has 0 aliphatic heterocycles. The first kappa shape index (κ1) is 33.2. The first-order valence-corrected chi connectivity index (χ1v) is 21.7. The summed E-state index contributed by atoms with van der Waals surface area (Å²) in [6.45, 7) is 0. The van der Waals surface area contributed by atoms with E-state index in [1.54, 1.807) is 0 Å². The van der Waals surface area contributed by atoms with Crippen LogP contribution in [0.5, 0.6) is 0 Å². The predicted molar refractivity (Wildman–Crippen MR) is 244 cm³/mol. The summed E-state index contributed by atoms with van der Waals surface area (Å²) in [5.41, 5.74) is 9.62. The van der Waals surface area contributed by atoms with E-state index in [-0.39, 0.29) is 0 Å². The predicted octanol–water partition coefficient (Wildman–Crippen LogP) is 10.9. The van der Waals surface area contributed by atoms with E-state index in [4.69, 9.17) is 0 Å². The van der Waals surface area contributed by atoms with E-state index < -0.39 is 8.07 Å². The van der Waals surface area contributed by atoms with Crippen LogP contribution in [0, 0.1) is 0 Å². The Morgan fingerprint density at radius 1 is 0.298 bits per heavy atom. The summed E-state index contributed by atoms with van der Waals surface area (Å²) in [4.78, 5) is 0. The Hall–Kier alpha value is -7.20. The number of benzene rings is 9. The van der Waals surface area contributed by atoms with Gasteiger partial charge in [-0.25, -0.2) is 0 Å². The molecule has 0 radical (unpaired) electrons. The molecular weight excluding hydrogens is 705 g/mol. The van der Waals surface area contributed by atoms with Gasteiger partial charge in [0.1, 0.15) is 0 Å². The summed E-state index contributed by atoms with van der Waals surface area (Å²) >= 11 is 0. The molecule has 0 saturated heterocycles. The minimum Gasteiger partial charge on any atom is -0.309 e. The molecule has 9 aromatic carbocycles. The molecule has 0 bridgehead atoms. The van der Waals surface area contributed by atoms with E-state index in [0.29, 0.717) is 0 Å². The summed E-state index contributed by atoms with van der Waals surface area (Å²) in [6, 6.07) is 85.3. The Morgan fingerprint density at radius 2 is 0.737 bits per heavy atom. The molecule has 11 rings (SSSR count). The standard InChI is InChI=1S/C54H38N2Si/c1-6-21-39(22-7-1)52-51(57(41-25-10-3-11-26-41,42-27-12-4-13-28-42)43-29-14-5-15-30-43)38-37-50-54(52)45-32-17-19-34-47(45)56(50)49-36-20-35-48-53(49)44-31-16-18-33-46(44)55(48)40-23-8-2-9-24-40/h1-38H. The highest BCUT2D eigenvalue weighted by Crippen LogP contribution is 2.42. The quantitative estimate of drug-likeness (QED) is 0.114. The van der Waals surface area contributed by atoms with Gasteiger partial charge in [-0.05, 0) is 74.3 Å². The Morgan fingerprint density at radius 3 is 1.32 bits per heavy atom. The SMILES string of the molecule is c1ccc(-c2c([Si](c3ccccc3)(c3ccccc3)c3ccccc3)ccc3c2c2ccccc2n3-c2cccc3c2c2ccccc2n3-c2ccccc2)cc1. The zero-order valence-electron chi connectivity index (χ0n) is 31.3. The topological polar surface area (TPSA) is 9.86 Å². The third kappa shape index (κ3) is 5.03. The Balaban J connectivity index is 1.32. The molecule has 2 nitrogen and oxygen atoms in total. The maximum atomic E-state index is 2.53. The highest BCUT2D eigenvalue weighted by Gasteiger charge is 2.43. The number of rotatable bonds is 7. The lowest BCUT2D eigenvalue weighted by Crippen LogP contribution is -2.75. The first-order valence-electron chi connectivity index (χ1n) is 19.7. The number of para-hydroxylation sites is 3. The van der Waals surface area contributed by atoms with Gasteiger partial charge >= 0.3 is 0 Å². The van der Waals surface area contributed by atoms with Gasteiger partial charge in [-0.15, -0.1) is 0 Å². The third-order valence-corrected chi connectivity index (χ3v) is 16.7. The van der Waals surface area contributed by atoms with Crippen molar-refractivity contribution in [2.75, 3.05) is 0 Å². The van der Waals surface area contributed by atoms with Crippen molar-refractivity contribution in [3.05, 3.63) is 231 Å². The molecule has 0 saturated carbocycles. The van der Waals surface area contributed by atoms with Crippen molar-refractivity contribution >= 4 is 72.4 Å². The third-order valence-electron chi connectivity index (χ3n) is 11.9. The molecule has 2 aromatic heterocycles. The molecule has 0 fully saturated rings. The van der Waals surface area contributed by atoms with Gasteiger partial charge in [0.25, 0.3) is 0 Å². The molecule has 0 aliphatic carbocycles. The van der Waals surface area contributed by atoms with Crippen LogP contribution in [0.25, 0.3) is 66.1 Å². The number of hydrogen-bond donors (Lipinski definition) is 0. The molecule has 0 aliphatic rings. The van der Waals surface area contributed by atoms with Gasteiger partial charge in [0, 0.05) is 27.2 Å². The maximum Gasteiger partial charge on any atom is 0.180 e. The van der Waals surface area contributed by atoms with E-state index in [1.165, 1.54) is 81.2 Å². The first-order chi connectivity index (χ1) is 28.3. The fourth-order valence-corrected chi connectivity index (χ4v) is 14.6. The lowest BCUT2D eigenvalue weighted by molar-refractivity contribution is 1.17. The van der Waals surface area contributed by atoms with Gasteiger partial charge < -0.3 is 9.13 Å². The lowest BCUT2D eigenvalue weighted by Gasteiger charge is -2.36. The number of hydrogen-bond acceptors (Lipinski definition) is 0. The van der Waals surface area contributed by atoms with E-state index >= 15 is 0 Å². The monoisotopic (exact) mass is 742 g/mol. The van der Waals surface area contributed by atoms with E-state index in [0.717, 1.165) is 5.69 Å². The van der Waals surface area contributed by atoms with Gasteiger partial charge in [-0.1, -0.05) is 188 Å². The fourth-order valence-electron chi connectivity index (χ4n) is 9.61. The lowest BCUT2D eigenvalue weighted by atomic mass is 9.99. The molecule has 268 valence electrons. The van der Waals surface area contributed by atoms with Gasteiger partial charge in [0.15, 0.2) is 8.07 Å². The second-order valence-corrected chi connectivity index (χ2v) is 18.6. The van der Waals surface area contributed by atoms with Crippen LogP contribution in [0.3, 0.4) is 0 Å². The molecule has 57 heavy (non-hydrogen) atoms. The summed E-state index contributed by atoms with van der Waals surface area (Å²) in [6.07, 6.45) is 0. The van der Waals surface area contributed by atoms with Crippen molar-refractivity contribution in [2.24, 2.45) is 0 Å². The summed E-state index contributed by atoms with van der Waals surface area (Å²) in [7, 11) is -2.93. The largest absolute Gasteiger partial charge is 0.309 e. The van der Waals surface area contributed by atoms with Crippen molar-refractivity contribution < 1.29 is 0 Å². The van der Waals surface area contributed by atoms with E-state index in [9.17, 15) is 0 Å². The van der Waals surface area contributed by atoms with Gasteiger partial charge in [0.05, 0.1) is 27.8 Å². The fraction of sp³-hybridized carbons (Fsp3) is 0.